The lowest BCUT2D eigenvalue weighted by Gasteiger charge is -2.24. The van der Waals surface area contributed by atoms with Crippen molar-refractivity contribution in [3.05, 3.63) is 84.2 Å². The van der Waals surface area contributed by atoms with E-state index in [9.17, 15) is 9.18 Å². The van der Waals surface area contributed by atoms with Crippen molar-refractivity contribution in [2.45, 2.75) is 25.0 Å². The maximum absolute atomic E-state index is 13.7. The average Bonchev–Trinajstić information content (AvgIpc) is 3.43. The predicted octanol–water partition coefficient (Wildman–Crippen LogP) is 2.13. The number of rotatable bonds is 7. The van der Waals surface area contributed by atoms with Crippen LogP contribution in [0, 0.1) is 11.7 Å². The van der Waals surface area contributed by atoms with E-state index in [-0.39, 0.29) is 29.7 Å². The van der Waals surface area contributed by atoms with Crippen LogP contribution < -0.4 is 16.2 Å². The number of aryl methyl sites for hydroxylation is 1. The van der Waals surface area contributed by atoms with Gasteiger partial charge in [0.25, 0.3) is 0 Å². The predicted molar refractivity (Wildman–Crippen MR) is 106 cm³/mol. The van der Waals surface area contributed by atoms with Crippen LogP contribution in [0.5, 0.6) is 0 Å². The molecule has 0 spiro atoms. The number of carbonyl (C=O) groups excluding carboxylic acids is 1. The Labute approximate surface area is 168 Å². The molecule has 0 radical (unpaired) electrons. The fourth-order valence-electron chi connectivity index (χ4n) is 3.65. The summed E-state index contributed by atoms with van der Waals surface area (Å²) in [5.41, 5.74) is 7.91. The molecule has 150 valence electrons. The first kappa shape index (κ1) is 19.2. The van der Waals surface area contributed by atoms with Crippen molar-refractivity contribution in [3.8, 4) is 0 Å². The number of hydrogen-bond acceptors (Lipinski definition) is 5. The summed E-state index contributed by atoms with van der Waals surface area (Å²) in [6.07, 6.45) is 3.83. The zero-order valence-electron chi connectivity index (χ0n) is 15.8. The molecule has 1 aliphatic heterocycles. The molecule has 1 aliphatic rings. The van der Waals surface area contributed by atoms with E-state index in [0.29, 0.717) is 19.5 Å². The number of hydrazine groups is 1. The molecule has 3 unspecified atom stereocenters. The zero-order chi connectivity index (χ0) is 20.1. The summed E-state index contributed by atoms with van der Waals surface area (Å²) in [7, 11) is 0. The second kappa shape index (κ2) is 8.93. The van der Waals surface area contributed by atoms with E-state index in [2.05, 4.69) is 26.3 Å². The molecule has 1 aromatic heterocycles. The molecule has 3 aromatic rings. The van der Waals surface area contributed by atoms with Crippen LogP contribution in [-0.4, -0.2) is 27.2 Å². The Bertz CT molecular complexity index is 933. The lowest BCUT2D eigenvalue weighted by Crippen LogP contribution is -2.37. The van der Waals surface area contributed by atoms with Gasteiger partial charge in [0.1, 0.15) is 18.5 Å². The molecule has 1 amide bonds. The third-order valence-corrected chi connectivity index (χ3v) is 5.16. The van der Waals surface area contributed by atoms with E-state index >= 15 is 0 Å². The minimum Gasteiger partial charge on any atom is -0.349 e. The summed E-state index contributed by atoms with van der Waals surface area (Å²) < 4.78 is 15.4. The van der Waals surface area contributed by atoms with Crippen LogP contribution >= 0.6 is 0 Å². The molecule has 1 fully saturated rings. The average molecular weight is 394 g/mol. The third-order valence-electron chi connectivity index (χ3n) is 5.16. The number of nitrogens with zero attached hydrogens (tertiary/aromatic N) is 3. The van der Waals surface area contributed by atoms with Crippen LogP contribution in [0.4, 0.5) is 4.39 Å². The number of aromatic nitrogens is 3. The molecule has 8 heteroatoms. The van der Waals surface area contributed by atoms with E-state index in [4.69, 9.17) is 0 Å². The Hall–Kier alpha value is -3.10. The molecule has 2 aromatic carbocycles. The largest absolute Gasteiger partial charge is 0.349 e. The minimum absolute atomic E-state index is 0.0794. The number of halogens is 1. The summed E-state index contributed by atoms with van der Waals surface area (Å²) in [5, 5.41) is 7.31. The highest BCUT2D eigenvalue weighted by Crippen LogP contribution is 2.27. The molecule has 0 aliphatic carbocycles. The maximum atomic E-state index is 13.7. The van der Waals surface area contributed by atoms with Gasteiger partial charge in [-0.2, -0.15) is 5.10 Å². The fourth-order valence-corrected chi connectivity index (χ4v) is 3.65. The van der Waals surface area contributed by atoms with Crippen molar-refractivity contribution in [2.24, 2.45) is 5.92 Å². The topological polar surface area (TPSA) is 83.9 Å². The van der Waals surface area contributed by atoms with Crippen molar-refractivity contribution in [1.29, 1.82) is 0 Å². The van der Waals surface area contributed by atoms with Gasteiger partial charge in [-0.25, -0.2) is 14.8 Å². The van der Waals surface area contributed by atoms with Crippen molar-refractivity contribution in [2.75, 3.05) is 6.54 Å². The molecule has 29 heavy (non-hydrogen) atoms. The highest BCUT2D eigenvalue weighted by molar-refractivity contribution is 5.80. The van der Waals surface area contributed by atoms with E-state index in [1.165, 1.54) is 18.5 Å². The first-order valence-electron chi connectivity index (χ1n) is 9.62. The number of benzene rings is 2. The maximum Gasteiger partial charge on any atom is 0.226 e. The minimum atomic E-state index is -0.352. The summed E-state index contributed by atoms with van der Waals surface area (Å²) in [4.78, 5) is 17.1. The molecule has 4 rings (SSSR count). The molecular formula is C21H23FN6O. The van der Waals surface area contributed by atoms with E-state index < -0.39 is 0 Å². The Morgan fingerprint density at radius 3 is 2.86 bits per heavy atom. The Morgan fingerprint density at radius 2 is 2.10 bits per heavy atom. The SMILES string of the molecule is O=C(NC(CCn1cncn1)c1ccccc1)C1CNNC1c1cccc(F)c1. The Morgan fingerprint density at radius 1 is 1.24 bits per heavy atom. The van der Waals surface area contributed by atoms with Crippen LogP contribution in [0.2, 0.25) is 0 Å². The van der Waals surface area contributed by atoms with Gasteiger partial charge in [0, 0.05) is 13.1 Å². The lowest BCUT2D eigenvalue weighted by molar-refractivity contribution is -0.125. The van der Waals surface area contributed by atoms with E-state index in [1.54, 1.807) is 17.1 Å². The zero-order valence-corrected chi connectivity index (χ0v) is 15.8. The third kappa shape index (κ3) is 4.67. The molecular weight excluding hydrogens is 371 g/mol. The van der Waals surface area contributed by atoms with Gasteiger partial charge >= 0.3 is 0 Å². The quantitative estimate of drug-likeness (QED) is 0.572. The van der Waals surface area contributed by atoms with Gasteiger partial charge in [0.2, 0.25) is 5.91 Å². The summed E-state index contributed by atoms with van der Waals surface area (Å²) in [6.45, 7) is 1.10. The van der Waals surface area contributed by atoms with Crippen LogP contribution in [0.25, 0.3) is 0 Å². The molecule has 3 atom stereocenters. The highest BCUT2D eigenvalue weighted by atomic mass is 19.1. The standard InChI is InChI=1S/C21H23FN6O/c22-17-8-4-7-16(11-17)20-18(12-24-27-20)21(29)26-19(15-5-2-1-3-6-15)9-10-28-14-23-13-25-28/h1-8,11,13-14,18-20,24,27H,9-10,12H2,(H,26,29). The molecule has 3 N–H and O–H groups in total. The summed E-state index contributed by atoms with van der Waals surface area (Å²) in [6, 6.07) is 15.8. The van der Waals surface area contributed by atoms with Crippen LogP contribution in [0.1, 0.15) is 29.6 Å². The van der Waals surface area contributed by atoms with Gasteiger partial charge < -0.3 is 5.32 Å². The van der Waals surface area contributed by atoms with Gasteiger partial charge in [-0.15, -0.1) is 0 Å². The van der Waals surface area contributed by atoms with Gasteiger partial charge in [-0.05, 0) is 29.7 Å². The summed E-state index contributed by atoms with van der Waals surface area (Å²) in [5.74, 6) is -0.746. The Kier molecular flexibility index (Phi) is 5.92. The van der Waals surface area contributed by atoms with Gasteiger partial charge in [0.15, 0.2) is 0 Å². The number of amides is 1. The van der Waals surface area contributed by atoms with Crippen molar-refractivity contribution in [3.63, 3.8) is 0 Å². The second-order valence-electron chi connectivity index (χ2n) is 7.08. The molecule has 1 saturated heterocycles. The highest BCUT2D eigenvalue weighted by Gasteiger charge is 2.35. The Balaban J connectivity index is 1.49. The van der Waals surface area contributed by atoms with E-state index in [0.717, 1.165) is 11.1 Å². The number of nitrogens with one attached hydrogen (secondary N) is 3. The molecule has 2 heterocycles. The fraction of sp³-hybridized carbons (Fsp3) is 0.286. The first-order chi connectivity index (χ1) is 14.2. The van der Waals surface area contributed by atoms with Crippen molar-refractivity contribution in [1.82, 2.24) is 30.9 Å². The van der Waals surface area contributed by atoms with E-state index in [1.807, 2.05) is 36.4 Å². The lowest BCUT2D eigenvalue weighted by atomic mass is 9.93. The molecule has 0 bridgehead atoms. The normalized spacial score (nSPS) is 19.8. The van der Waals surface area contributed by atoms with Crippen LogP contribution in [-0.2, 0) is 11.3 Å². The van der Waals surface area contributed by atoms with Gasteiger partial charge in [0.05, 0.1) is 18.0 Å². The van der Waals surface area contributed by atoms with Crippen molar-refractivity contribution < 1.29 is 9.18 Å². The number of hydrogen-bond donors (Lipinski definition) is 3. The summed E-state index contributed by atoms with van der Waals surface area (Å²) >= 11 is 0. The van der Waals surface area contributed by atoms with Gasteiger partial charge in [-0.1, -0.05) is 42.5 Å². The van der Waals surface area contributed by atoms with Crippen molar-refractivity contribution >= 4 is 5.91 Å². The first-order valence-corrected chi connectivity index (χ1v) is 9.62. The number of carbonyl (C=O) groups is 1. The molecule has 7 nitrogen and oxygen atoms in total. The smallest absolute Gasteiger partial charge is 0.226 e. The second-order valence-corrected chi connectivity index (χ2v) is 7.08. The van der Waals surface area contributed by atoms with Crippen LogP contribution in [0.15, 0.2) is 67.3 Å². The monoisotopic (exact) mass is 394 g/mol. The van der Waals surface area contributed by atoms with Gasteiger partial charge in [-0.3, -0.25) is 14.9 Å². The molecule has 0 saturated carbocycles. The van der Waals surface area contributed by atoms with Crippen LogP contribution in [0.3, 0.4) is 0 Å².